The Morgan fingerprint density at radius 2 is 1.90 bits per heavy atom. The number of nitrogens with two attached hydrogens (primary N) is 1. The van der Waals surface area contributed by atoms with Crippen molar-refractivity contribution in [3.8, 4) is 0 Å². The summed E-state index contributed by atoms with van der Waals surface area (Å²) in [4.78, 5) is 10.3. The number of hydrazine groups is 1. The van der Waals surface area contributed by atoms with Crippen LogP contribution < -0.4 is 21.5 Å². The first-order valence-corrected chi connectivity index (χ1v) is 6.84. The number of anilines is 4. The van der Waals surface area contributed by atoms with Crippen molar-refractivity contribution < 1.29 is 0 Å². The molecule has 0 radical (unpaired) electrons. The molecule has 0 saturated carbocycles. The topological polar surface area (TPSA) is 79.1 Å². The molecule has 0 aliphatic heterocycles. The molecular weight excluding hydrogens is 320 g/mol. The Morgan fingerprint density at radius 3 is 2.55 bits per heavy atom. The smallest absolute Gasteiger partial charge is 0.159 e. The van der Waals surface area contributed by atoms with E-state index < -0.39 is 0 Å². The van der Waals surface area contributed by atoms with E-state index in [4.69, 9.17) is 5.84 Å². The Kier molecular flexibility index (Phi) is 4.41. The number of nitrogen functional groups attached to an aromatic ring is 1. The van der Waals surface area contributed by atoms with Gasteiger partial charge in [-0.3, -0.25) is 0 Å². The van der Waals surface area contributed by atoms with Crippen molar-refractivity contribution >= 4 is 38.9 Å². The molecule has 0 atom stereocenters. The number of halogens is 1. The third-order valence-corrected chi connectivity index (χ3v) is 3.63. The van der Waals surface area contributed by atoms with Gasteiger partial charge in [0.05, 0.1) is 0 Å². The van der Waals surface area contributed by atoms with Gasteiger partial charge in [-0.25, -0.2) is 15.8 Å². The molecule has 106 valence electrons. The summed E-state index contributed by atoms with van der Waals surface area (Å²) in [5, 5.41) is 3.25. The first-order valence-electron chi connectivity index (χ1n) is 6.05. The van der Waals surface area contributed by atoms with Gasteiger partial charge in [0.2, 0.25) is 0 Å². The van der Waals surface area contributed by atoms with Crippen LogP contribution in [0.2, 0.25) is 0 Å². The van der Waals surface area contributed by atoms with Crippen LogP contribution in [-0.4, -0.2) is 24.1 Å². The van der Waals surface area contributed by atoms with Gasteiger partial charge in [-0.2, -0.15) is 0 Å². The van der Waals surface area contributed by atoms with Crippen LogP contribution in [0, 0.1) is 6.92 Å². The van der Waals surface area contributed by atoms with Gasteiger partial charge < -0.3 is 15.6 Å². The number of hydrogen-bond acceptors (Lipinski definition) is 6. The molecule has 0 aliphatic carbocycles. The quantitative estimate of drug-likeness (QED) is 0.588. The first kappa shape index (κ1) is 14.5. The van der Waals surface area contributed by atoms with Crippen LogP contribution in [0.3, 0.4) is 0 Å². The molecule has 4 N–H and O–H groups in total. The lowest BCUT2D eigenvalue weighted by atomic mass is 10.1. The zero-order valence-corrected chi connectivity index (χ0v) is 13.2. The highest BCUT2D eigenvalue weighted by molar-refractivity contribution is 9.10. The summed E-state index contributed by atoms with van der Waals surface area (Å²) in [5.41, 5.74) is 5.82. The normalized spacial score (nSPS) is 10.2. The molecule has 1 heterocycles. The van der Waals surface area contributed by atoms with E-state index in [-0.39, 0.29) is 0 Å². The van der Waals surface area contributed by atoms with Crippen LogP contribution in [-0.2, 0) is 0 Å². The van der Waals surface area contributed by atoms with Crippen LogP contribution in [0.1, 0.15) is 5.56 Å². The Balaban J connectivity index is 2.33. The second-order valence-corrected chi connectivity index (χ2v) is 5.34. The van der Waals surface area contributed by atoms with Gasteiger partial charge in [0.25, 0.3) is 0 Å². The highest BCUT2D eigenvalue weighted by Crippen LogP contribution is 2.30. The molecule has 0 aliphatic rings. The summed E-state index contributed by atoms with van der Waals surface area (Å²) in [7, 11) is 4.03. The second kappa shape index (κ2) is 6.06. The maximum absolute atomic E-state index is 5.39. The van der Waals surface area contributed by atoms with Crippen molar-refractivity contribution in [2.24, 2.45) is 5.84 Å². The van der Waals surface area contributed by atoms with Crippen molar-refractivity contribution in [2.75, 3.05) is 29.7 Å². The summed E-state index contributed by atoms with van der Waals surface area (Å²) >= 11 is 3.42. The maximum Gasteiger partial charge on any atom is 0.159 e. The number of aromatic nitrogens is 2. The van der Waals surface area contributed by atoms with E-state index in [0.29, 0.717) is 16.1 Å². The Bertz CT molecular complexity index is 614. The molecule has 1 aromatic heterocycles. The molecule has 7 heteroatoms. The number of rotatable bonds is 4. The fourth-order valence-electron chi connectivity index (χ4n) is 1.86. The Labute approximate surface area is 126 Å². The number of nitrogens with one attached hydrogen (secondary N) is 2. The zero-order chi connectivity index (χ0) is 14.7. The van der Waals surface area contributed by atoms with E-state index in [0.717, 1.165) is 11.4 Å². The molecule has 0 fully saturated rings. The average Bonchev–Trinajstić information content (AvgIpc) is 2.43. The van der Waals surface area contributed by atoms with Crippen molar-refractivity contribution in [2.45, 2.75) is 6.92 Å². The molecule has 0 saturated heterocycles. The van der Waals surface area contributed by atoms with E-state index in [1.807, 2.05) is 20.2 Å². The largest absolute Gasteiger partial charge is 0.377 e. The van der Waals surface area contributed by atoms with Gasteiger partial charge in [-0.05, 0) is 40.5 Å². The zero-order valence-electron chi connectivity index (χ0n) is 11.6. The summed E-state index contributed by atoms with van der Waals surface area (Å²) in [6.07, 6.45) is 1.45. The van der Waals surface area contributed by atoms with Crippen molar-refractivity contribution in [1.82, 2.24) is 9.97 Å². The van der Waals surface area contributed by atoms with E-state index in [9.17, 15) is 0 Å². The highest BCUT2D eigenvalue weighted by atomic mass is 79.9. The lowest BCUT2D eigenvalue weighted by molar-refractivity contribution is 1.11. The number of aryl methyl sites for hydroxylation is 1. The third kappa shape index (κ3) is 3.00. The predicted molar refractivity (Wildman–Crippen MR) is 86.3 cm³/mol. The van der Waals surface area contributed by atoms with Gasteiger partial charge in [-0.1, -0.05) is 6.07 Å². The van der Waals surface area contributed by atoms with Gasteiger partial charge in [0, 0.05) is 25.5 Å². The monoisotopic (exact) mass is 336 g/mol. The number of hydrogen-bond donors (Lipinski definition) is 3. The van der Waals surface area contributed by atoms with Crippen molar-refractivity contribution in [3.05, 3.63) is 34.6 Å². The molecule has 20 heavy (non-hydrogen) atoms. The molecule has 0 spiro atoms. The second-order valence-electron chi connectivity index (χ2n) is 4.55. The standard InChI is InChI=1S/C13H17BrN6/c1-8-4-5-9(6-10(8)20(2)3)18-12-11(14)13(19-15)17-7-16-12/h4-7H,15H2,1-3H3,(H2,16,17,18,19). The molecule has 0 unspecified atom stereocenters. The van der Waals surface area contributed by atoms with E-state index >= 15 is 0 Å². The number of benzene rings is 1. The van der Waals surface area contributed by atoms with Crippen LogP contribution in [0.15, 0.2) is 29.0 Å². The van der Waals surface area contributed by atoms with Gasteiger partial charge >= 0.3 is 0 Å². The molecule has 6 nitrogen and oxygen atoms in total. The van der Waals surface area contributed by atoms with Crippen LogP contribution in [0.4, 0.5) is 23.0 Å². The van der Waals surface area contributed by atoms with E-state index in [2.05, 4.69) is 60.6 Å². The fourth-order valence-corrected chi connectivity index (χ4v) is 2.28. The van der Waals surface area contributed by atoms with Crippen molar-refractivity contribution in [3.63, 3.8) is 0 Å². The maximum atomic E-state index is 5.39. The predicted octanol–water partition coefficient (Wildman–Crippen LogP) is 2.64. The van der Waals surface area contributed by atoms with Crippen LogP contribution in [0.5, 0.6) is 0 Å². The Morgan fingerprint density at radius 1 is 1.20 bits per heavy atom. The summed E-state index contributed by atoms with van der Waals surface area (Å²) in [5.74, 6) is 6.58. The van der Waals surface area contributed by atoms with Crippen LogP contribution in [0.25, 0.3) is 0 Å². The minimum absolute atomic E-state index is 0.530. The number of nitrogens with zero attached hydrogens (tertiary/aromatic N) is 3. The van der Waals surface area contributed by atoms with Gasteiger partial charge in [0.15, 0.2) is 5.82 Å². The molecule has 0 amide bonds. The average molecular weight is 337 g/mol. The Hall–Kier alpha value is -1.86. The molecule has 1 aromatic carbocycles. The van der Waals surface area contributed by atoms with E-state index in [1.165, 1.54) is 11.9 Å². The minimum Gasteiger partial charge on any atom is -0.377 e. The fraction of sp³-hybridized carbons (Fsp3) is 0.231. The molecule has 2 rings (SSSR count). The molecule has 2 aromatic rings. The lowest BCUT2D eigenvalue weighted by Crippen LogP contribution is -2.11. The summed E-state index contributed by atoms with van der Waals surface area (Å²) in [6, 6.07) is 6.14. The highest BCUT2D eigenvalue weighted by Gasteiger charge is 2.09. The van der Waals surface area contributed by atoms with Crippen molar-refractivity contribution in [1.29, 1.82) is 0 Å². The molecule has 0 bridgehead atoms. The SMILES string of the molecule is Cc1ccc(Nc2ncnc(NN)c2Br)cc1N(C)C. The summed E-state index contributed by atoms with van der Waals surface area (Å²) in [6.45, 7) is 2.08. The summed E-state index contributed by atoms with van der Waals surface area (Å²) < 4.78 is 0.689. The van der Waals surface area contributed by atoms with Gasteiger partial charge in [-0.15, -0.1) is 0 Å². The van der Waals surface area contributed by atoms with Gasteiger partial charge in [0.1, 0.15) is 16.6 Å². The van der Waals surface area contributed by atoms with E-state index in [1.54, 1.807) is 0 Å². The third-order valence-electron chi connectivity index (χ3n) is 2.88. The first-order chi connectivity index (χ1) is 9.52. The lowest BCUT2D eigenvalue weighted by Gasteiger charge is -2.17. The minimum atomic E-state index is 0.530. The molecular formula is C13H17BrN6. The van der Waals surface area contributed by atoms with Crippen LogP contribution >= 0.6 is 15.9 Å².